The van der Waals surface area contributed by atoms with Gasteiger partial charge in [0, 0.05) is 12.8 Å². The van der Waals surface area contributed by atoms with Crippen molar-refractivity contribution in [1.29, 1.82) is 0 Å². The molecule has 0 saturated carbocycles. The number of aliphatic hydroxyl groups is 1. The molecule has 0 spiro atoms. The van der Waals surface area contributed by atoms with Crippen molar-refractivity contribution in [3.63, 3.8) is 0 Å². The molecule has 2 aromatic rings. The number of benzene rings is 2. The molecule has 2 amide bonds. The number of carboxylic acid groups (broad SMARTS) is 1. The summed E-state index contributed by atoms with van der Waals surface area (Å²) in [7, 11) is 0. The fourth-order valence-electron chi connectivity index (χ4n) is 2.89. The maximum absolute atomic E-state index is 12.9. The monoisotopic (exact) mass is 429 g/mol. The maximum atomic E-state index is 12.9. The number of nitrogens with two attached hydrogens (primary N) is 1. The summed E-state index contributed by atoms with van der Waals surface area (Å²) in [5.74, 6) is -2.63. The number of hydrogen-bond donors (Lipinski definition) is 6. The molecule has 0 aliphatic rings. The lowest BCUT2D eigenvalue weighted by molar-refractivity contribution is -0.142. The lowest BCUT2D eigenvalue weighted by Gasteiger charge is -2.24. The number of hydrogen-bond acceptors (Lipinski definition) is 6. The minimum Gasteiger partial charge on any atom is -0.508 e. The molecule has 2 aromatic carbocycles. The van der Waals surface area contributed by atoms with Crippen LogP contribution < -0.4 is 16.4 Å². The smallest absolute Gasteiger partial charge is 0.326 e. The van der Waals surface area contributed by atoms with Crippen LogP contribution in [0, 0.1) is 0 Å². The number of aliphatic hydroxyl groups excluding tert-OH is 1. The van der Waals surface area contributed by atoms with Crippen LogP contribution in [0.25, 0.3) is 0 Å². The summed E-state index contributed by atoms with van der Waals surface area (Å²) in [5, 5.41) is 33.5. The van der Waals surface area contributed by atoms with E-state index >= 15 is 0 Å². The van der Waals surface area contributed by atoms with Gasteiger partial charge in [-0.25, -0.2) is 4.79 Å². The third-order valence-electron chi connectivity index (χ3n) is 4.73. The first-order valence-electron chi connectivity index (χ1n) is 9.76. The van der Waals surface area contributed by atoms with Crippen LogP contribution in [0.2, 0.25) is 0 Å². The Labute approximate surface area is 179 Å². The van der Waals surface area contributed by atoms with Crippen molar-refractivity contribution in [2.24, 2.45) is 5.73 Å². The molecule has 0 saturated heterocycles. The van der Waals surface area contributed by atoms with E-state index < -0.39 is 42.0 Å². The number of aromatic hydroxyl groups is 1. The van der Waals surface area contributed by atoms with E-state index in [0.29, 0.717) is 5.56 Å². The Kier molecular flexibility index (Phi) is 8.53. The summed E-state index contributed by atoms with van der Waals surface area (Å²) in [5.41, 5.74) is 7.00. The zero-order valence-corrected chi connectivity index (χ0v) is 17.1. The van der Waals surface area contributed by atoms with Gasteiger partial charge in [-0.15, -0.1) is 0 Å². The van der Waals surface area contributed by atoms with E-state index in [4.69, 9.17) is 5.73 Å². The molecule has 0 aromatic heterocycles. The molecule has 2 rings (SSSR count). The number of carbonyl (C=O) groups excluding carboxylic acids is 2. The lowest BCUT2D eigenvalue weighted by atomic mass is 10.0. The standard InChI is InChI=1S/C22H27N3O6/c1-13(26)19(23)21(29)24-17(11-15-7-9-16(27)10-8-15)20(28)25-18(22(30)31)12-14-5-3-2-4-6-14/h2-10,13,17-19,26-27H,11-12,23H2,1H3,(H,24,29)(H,25,28)(H,30,31). The van der Waals surface area contributed by atoms with Gasteiger partial charge >= 0.3 is 5.97 Å². The fraction of sp³-hybridized carbons (Fsp3) is 0.318. The fourth-order valence-corrected chi connectivity index (χ4v) is 2.89. The number of phenols is 1. The highest BCUT2D eigenvalue weighted by molar-refractivity contribution is 5.92. The van der Waals surface area contributed by atoms with Gasteiger partial charge in [0.2, 0.25) is 11.8 Å². The van der Waals surface area contributed by atoms with Gasteiger partial charge in [-0.05, 0) is 30.2 Å². The Morgan fingerprint density at radius 3 is 1.94 bits per heavy atom. The first kappa shape index (κ1) is 23.8. The second-order valence-electron chi connectivity index (χ2n) is 7.29. The van der Waals surface area contributed by atoms with E-state index in [2.05, 4.69) is 10.6 Å². The highest BCUT2D eigenvalue weighted by atomic mass is 16.4. The molecule has 7 N–H and O–H groups in total. The molecular formula is C22H27N3O6. The molecule has 0 heterocycles. The number of rotatable bonds is 10. The van der Waals surface area contributed by atoms with Crippen molar-refractivity contribution in [2.45, 2.75) is 44.0 Å². The van der Waals surface area contributed by atoms with Crippen molar-refractivity contribution < 1.29 is 29.7 Å². The number of carbonyl (C=O) groups is 3. The third kappa shape index (κ3) is 7.40. The zero-order chi connectivity index (χ0) is 23.0. The summed E-state index contributed by atoms with van der Waals surface area (Å²) in [6.07, 6.45) is -1.04. The second kappa shape index (κ2) is 11.1. The first-order chi connectivity index (χ1) is 14.7. The maximum Gasteiger partial charge on any atom is 0.326 e. The van der Waals surface area contributed by atoms with Gasteiger partial charge in [-0.3, -0.25) is 9.59 Å². The van der Waals surface area contributed by atoms with Crippen molar-refractivity contribution in [3.8, 4) is 5.75 Å². The first-order valence-corrected chi connectivity index (χ1v) is 9.76. The molecule has 0 radical (unpaired) electrons. The van der Waals surface area contributed by atoms with Crippen LogP contribution in [0.1, 0.15) is 18.1 Å². The number of phenolic OH excluding ortho intramolecular Hbond substituents is 1. The van der Waals surface area contributed by atoms with Crippen LogP contribution in [0.5, 0.6) is 5.75 Å². The molecule has 0 bridgehead atoms. The predicted molar refractivity (Wildman–Crippen MR) is 113 cm³/mol. The van der Waals surface area contributed by atoms with E-state index in [9.17, 15) is 29.7 Å². The summed E-state index contributed by atoms with van der Waals surface area (Å²) in [4.78, 5) is 36.9. The Morgan fingerprint density at radius 2 is 1.39 bits per heavy atom. The molecule has 31 heavy (non-hydrogen) atoms. The summed E-state index contributed by atoms with van der Waals surface area (Å²) < 4.78 is 0. The van der Waals surface area contributed by atoms with Gasteiger partial charge in [0.15, 0.2) is 0 Å². The van der Waals surface area contributed by atoms with Gasteiger partial charge in [0.05, 0.1) is 6.10 Å². The van der Waals surface area contributed by atoms with E-state index in [1.165, 1.54) is 19.1 Å². The van der Waals surface area contributed by atoms with Crippen LogP contribution in [0.3, 0.4) is 0 Å². The molecule has 9 nitrogen and oxygen atoms in total. The van der Waals surface area contributed by atoms with Crippen molar-refractivity contribution in [3.05, 3.63) is 65.7 Å². The molecular weight excluding hydrogens is 402 g/mol. The van der Waals surface area contributed by atoms with Crippen LogP contribution >= 0.6 is 0 Å². The molecule has 0 aliphatic heterocycles. The van der Waals surface area contributed by atoms with E-state index in [1.54, 1.807) is 42.5 Å². The van der Waals surface area contributed by atoms with Gasteiger partial charge < -0.3 is 31.7 Å². The molecule has 0 fully saturated rings. The quantitative estimate of drug-likeness (QED) is 0.308. The highest BCUT2D eigenvalue weighted by Gasteiger charge is 2.29. The zero-order valence-electron chi connectivity index (χ0n) is 17.1. The van der Waals surface area contributed by atoms with Gasteiger partial charge in [0.25, 0.3) is 0 Å². The Balaban J connectivity index is 2.18. The number of carboxylic acids is 1. The molecule has 9 heteroatoms. The Bertz CT molecular complexity index is 886. The number of aliphatic carboxylic acids is 1. The minimum atomic E-state index is -1.25. The average molecular weight is 429 g/mol. The molecule has 166 valence electrons. The summed E-state index contributed by atoms with van der Waals surface area (Å²) in [6.45, 7) is 1.35. The van der Waals surface area contributed by atoms with Gasteiger partial charge in [0.1, 0.15) is 23.9 Å². The van der Waals surface area contributed by atoms with Crippen LogP contribution in [0.15, 0.2) is 54.6 Å². The van der Waals surface area contributed by atoms with Crippen LogP contribution in [0.4, 0.5) is 0 Å². The van der Waals surface area contributed by atoms with Gasteiger partial charge in [-0.1, -0.05) is 42.5 Å². The third-order valence-corrected chi connectivity index (χ3v) is 4.73. The van der Waals surface area contributed by atoms with E-state index in [-0.39, 0.29) is 18.6 Å². The Morgan fingerprint density at radius 1 is 0.871 bits per heavy atom. The van der Waals surface area contributed by atoms with Crippen LogP contribution in [-0.2, 0) is 27.2 Å². The highest BCUT2D eigenvalue weighted by Crippen LogP contribution is 2.12. The lowest BCUT2D eigenvalue weighted by Crippen LogP contribution is -2.57. The minimum absolute atomic E-state index is 0.0298. The van der Waals surface area contributed by atoms with Gasteiger partial charge in [-0.2, -0.15) is 0 Å². The van der Waals surface area contributed by atoms with E-state index in [0.717, 1.165) is 5.56 Å². The predicted octanol–water partition coefficient (Wildman–Crippen LogP) is -0.0603. The normalized spacial score (nSPS) is 14.7. The SMILES string of the molecule is CC(O)C(N)C(=O)NC(Cc1ccc(O)cc1)C(=O)NC(Cc1ccccc1)C(=O)O. The summed E-state index contributed by atoms with van der Waals surface area (Å²) in [6, 6.07) is 11.2. The van der Waals surface area contributed by atoms with Crippen LogP contribution in [-0.4, -0.2) is 57.3 Å². The summed E-state index contributed by atoms with van der Waals surface area (Å²) >= 11 is 0. The average Bonchev–Trinajstić information content (AvgIpc) is 2.74. The molecule has 0 aliphatic carbocycles. The largest absolute Gasteiger partial charge is 0.508 e. The molecule has 4 atom stereocenters. The van der Waals surface area contributed by atoms with Crippen molar-refractivity contribution in [1.82, 2.24) is 10.6 Å². The second-order valence-corrected chi connectivity index (χ2v) is 7.29. The number of nitrogens with one attached hydrogen (secondary N) is 2. The topological polar surface area (TPSA) is 162 Å². The Hall–Kier alpha value is -3.43. The van der Waals surface area contributed by atoms with Crippen molar-refractivity contribution >= 4 is 17.8 Å². The number of amides is 2. The van der Waals surface area contributed by atoms with Crippen molar-refractivity contribution in [2.75, 3.05) is 0 Å². The molecule has 4 unspecified atom stereocenters. The van der Waals surface area contributed by atoms with E-state index in [1.807, 2.05) is 0 Å².